The highest BCUT2D eigenvalue weighted by molar-refractivity contribution is 5.88. The molecule has 0 saturated heterocycles. The van der Waals surface area contributed by atoms with Crippen molar-refractivity contribution in [3.8, 4) is 28.1 Å². The van der Waals surface area contributed by atoms with Crippen molar-refractivity contribution < 1.29 is 9.15 Å². The molecule has 3 rings (SSSR count). The van der Waals surface area contributed by atoms with Crippen LogP contribution in [0.25, 0.3) is 22.4 Å². The molecule has 0 unspecified atom stereocenters. The van der Waals surface area contributed by atoms with Crippen molar-refractivity contribution in [2.24, 2.45) is 7.05 Å². The molecule has 0 atom stereocenters. The summed E-state index contributed by atoms with van der Waals surface area (Å²) in [6.45, 7) is 0. The summed E-state index contributed by atoms with van der Waals surface area (Å²) in [6, 6.07) is 9.62. The zero-order chi connectivity index (χ0) is 14.1. The SMILES string of the molecule is COc1cccc(-c2c(-c3ccoc3)nn(C)c2N)c1. The van der Waals surface area contributed by atoms with Gasteiger partial charge in [0.15, 0.2) is 0 Å². The Labute approximate surface area is 116 Å². The van der Waals surface area contributed by atoms with Crippen LogP contribution < -0.4 is 10.5 Å². The summed E-state index contributed by atoms with van der Waals surface area (Å²) in [4.78, 5) is 0. The summed E-state index contributed by atoms with van der Waals surface area (Å²) in [6.07, 6.45) is 3.28. The van der Waals surface area contributed by atoms with Gasteiger partial charge in [-0.05, 0) is 23.8 Å². The fraction of sp³-hybridized carbons (Fsp3) is 0.133. The Morgan fingerprint density at radius 1 is 1.25 bits per heavy atom. The van der Waals surface area contributed by atoms with Crippen LogP contribution in [0.15, 0.2) is 47.3 Å². The summed E-state index contributed by atoms with van der Waals surface area (Å²) < 4.78 is 12.1. The highest BCUT2D eigenvalue weighted by Gasteiger charge is 2.18. The van der Waals surface area contributed by atoms with Gasteiger partial charge < -0.3 is 14.9 Å². The second kappa shape index (κ2) is 4.77. The number of aromatic nitrogens is 2. The van der Waals surface area contributed by atoms with Gasteiger partial charge in [0.05, 0.1) is 25.2 Å². The Morgan fingerprint density at radius 2 is 2.10 bits per heavy atom. The number of rotatable bonds is 3. The topological polar surface area (TPSA) is 66.2 Å². The third kappa shape index (κ3) is 1.93. The highest BCUT2D eigenvalue weighted by Crippen LogP contribution is 2.37. The number of ether oxygens (including phenoxy) is 1. The molecule has 3 aromatic rings. The third-order valence-corrected chi connectivity index (χ3v) is 3.24. The second-order valence-corrected chi connectivity index (χ2v) is 4.48. The van der Waals surface area contributed by atoms with Crippen molar-refractivity contribution in [3.05, 3.63) is 42.9 Å². The van der Waals surface area contributed by atoms with E-state index >= 15 is 0 Å². The number of aryl methyl sites for hydroxylation is 1. The normalized spacial score (nSPS) is 10.7. The Bertz CT molecular complexity index is 730. The van der Waals surface area contributed by atoms with Crippen LogP contribution in [0, 0.1) is 0 Å². The lowest BCUT2D eigenvalue weighted by Gasteiger charge is -2.05. The molecule has 0 saturated carbocycles. The molecule has 2 heterocycles. The Balaban J connectivity index is 2.22. The molecule has 0 aliphatic heterocycles. The van der Waals surface area contributed by atoms with Gasteiger partial charge in [0.1, 0.15) is 17.3 Å². The van der Waals surface area contributed by atoms with Gasteiger partial charge in [-0.15, -0.1) is 0 Å². The molecule has 20 heavy (non-hydrogen) atoms. The standard InChI is InChI=1S/C15H15N3O2/c1-18-15(16)13(10-4-3-5-12(8-10)19-2)14(17-18)11-6-7-20-9-11/h3-9H,16H2,1-2H3. The van der Waals surface area contributed by atoms with Crippen molar-refractivity contribution in [2.45, 2.75) is 0 Å². The summed E-state index contributed by atoms with van der Waals surface area (Å²) in [7, 11) is 3.46. The van der Waals surface area contributed by atoms with E-state index in [1.165, 1.54) is 0 Å². The number of methoxy groups -OCH3 is 1. The van der Waals surface area contributed by atoms with Gasteiger partial charge in [0.2, 0.25) is 0 Å². The highest BCUT2D eigenvalue weighted by atomic mass is 16.5. The van der Waals surface area contributed by atoms with Crippen molar-refractivity contribution in [2.75, 3.05) is 12.8 Å². The quantitative estimate of drug-likeness (QED) is 0.793. The zero-order valence-electron chi connectivity index (χ0n) is 11.3. The van der Waals surface area contributed by atoms with Gasteiger partial charge in [0, 0.05) is 12.6 Å². The molecule has 0 amide bonds. The molecule has 5 nitrogen and oxygen atoms in total. The Morgan fingerprint density at radius 3 is 2.80 bits per heavy atom. The number of hydrogen-bond acceptors (Lipinski definition) is 4. The molecule has 0 aliphatic carbocycles. The largest absolute Gasteiger partial charge is 0.497 e. The van der Waals surface area contributed by atoms with Crippen molar-refractivity contribution in [1.29, 1.82) is 0 Å². The molecule has 2 aromatic heterocycles. The number of hydrogen-bond donors (Lipinski definition) is 1. The number of nitrogen functional groups attached to an aromatic ring is 1. The van der Waals surface area contributed by atoms with E-state index in [2.05, 4.69) is 5.10 Å². The number of nitrogens with two attached hydrogens (primary N) is 1. The average molecular weight is 269 g/mol. The van der Waals surface area contributed by atoms with Crippen LogP contribution >= 0.6 is 0 Å². The number of nitrogens with zero attached hydrogens (tertiary/aromatic N) is 2. The smallest absolute Gasteiger partial charge is 0.129 e. The van der Waals surface area contributed by atoms with Gasteiger partial charge in [-0.2, -0.15) is 5.10 Å². The van der Waals surface area contributed by atoms with Gasteiger partial charge in [0.25, 0.3) is 0 Å². The first-order valence-electron chi connectivity index (χ1n) is 6.20. The third-order valence-electron chi connectivity index (χ3n) is 3.24. The lowest BCUT2D eigenvalue weighted by Crippen LogP contribution is -1.98. The Kier molecular flexibility index (Phi) is 2.95. The second-order valence-electron chi connectivity index (χ2n) is 4.48. The van der Waals surface area contributed by atoms with Gasteiger partial charge >= 0.3 is 0 Å². The van der Waals surface area contributed by atoms with Crippen molar-refractivity contribution in [1.82, 2.24) is 9.78 Å². The first kappa shape index (κ1) is 12.3. The summed E-state index contributed by atoms with van der Waals surface area (Å²) in [5.41, 5.74) is 9.70. The lowest BCUT2D eigenvalue weighted by molar-refractivity contribution is 0.415. The summed E-state index contributed by atoms with van der Waals surface area (Å²) in [5, 5.41) is 4.48. The van der Waals surface area contributed by atoms with E-state index in [1.807, 2.05) is 37.4 Å². The molecular weight excluding hydrogens is 254 g/mol. The van der Waals surface area contributed by atoms with Crippen LogP contribution in [0.1, 0.15) is 0 Å². The first-order valence-corrected chi connectivity index (χ1v) is 6.20. The van der Waals surface area contributed by atoms with Gasteiger partial charge in [-0.1, -0.05) is 12.1 Å². The van der Waals surface area contributed by atoms with Gasteiger partial charge in [-0.25, -0.2) is 0 Å². The minimum Gasteiger partial charge on any atom is -0.497 e. The molecule has 102 valence electrons. The maximum absolute atomic E-state index is 6.16. The van der Waals surface area contributed by atoms with E-state index < -0.39 is 0 Å². The predicted molar refractivity (Wildman–Crippen MR) is 77.3 cm³/mol. The van der Waals surface area contributed by atoms with E-state index in [0.717, 1.165) is 28.1 Å². The molecule has 2 N–H and O–H groups in total. The zero-order valence-corrected chi connectivity index (χ0v) is 11.3. The van der Waals surface area contributed by atoms with Gasteiger partial charge in [-0.3, -0.25) is 4.68 Å². The number of benzene rings is 1. The average Bonchev–Trinajstić information content (AvgIpc) is 3.08. The van der Waals surface area contributed by atoms with Crippen molar-refractivity contribution in [3.63, 3.8) is 0 Å². The van der Waals surface area contributed by atoms with E-state index in [-0.39, 0.29) is 0 Å². The maximum atomic E-state index is 6.16. The van der Waals surface area contributed by atoms with Crippen LogP contribution in [-0.2, 0) is 7.05 Å². The lowest BCUT2D eigenvalue weighted by atomic mass is 10.0. The van der Waals surface area contributed by atoms with Crippen LogP contribution in [0.2, 0.25) is 0 Å². The van der Waals surface area contributed by atoms with E-state index in [4.69, 9.17) is 14.9 Å². The maximum Gasteiger partial charge on any atom is 0.129 e. The number of furan rings is 1. The fourth-order valence-corrected chi connectivity index (χ4v) is 2.20. The minimum absolute atomic E-state index is 0.606. The molecule has 5 heteroatoms. The summed E-state index contributed by atoms with van der Waals surface area (Å²) in [5.74, 6) is 1.39. The Hall–Kier alpha value is -2.69. The molecule has 0 aliphatic rings. The minimum atomic E-state index is 0.606. The van der Waals surface area contributed by atoms with Crippen LogP contribution in [-0.4, -0.2) is 16.9 Å². The molecule has 0 radical (unpaired) electrons. The fourth-order valence-electron chi connectivity index (χ4n) is 2.20. The molecule has 0 fully saturated rings. The van der Waals surface area contributed by atoms with E-state index in [9.17, 15) is 0 Å². The molecule has 0 bridgehead atoms. The first-order chi connectivity index (χ1) is 9.70. The number of anilines is 1. The van der Waals surface area contributed by atoms with Crippen LogP contribution in [0.3, 0.4) is 0 Å². The molecule has 1 aromatic carbocycles. The van der Waals surface area contributed by atoms with Crippen LogP contribution in [0.5, 0.6) is 5.75 Å². The van der Waals surface area contributed by atoms with Crippen LogP contribution in [0.4, 0.5) is 5.82 Å². The summed E-state index contributed by atoms with van der Waals surface area (Å²) >= 11 is 0. The van der Waals surface area contributed by atoms with E-state index in [1.54, 1.807) is 24.3 Å². The molecule has 0 spiro atoms. The monoisotopic (exact) mass is 269 g/mol. The van der Waals surface area contributed by atoms with Crippen molar-refractivity contribution >= 4 is 5.82 Å². The molecular formula is C15H15N3O2. The predicted octanol–water partition coefficient (Wildman–Crippen LogP) is 2.94. The van der Waals surface area contributed by atoms with E-state index in [0.29, 0.717) is 5.82 Å².